The molecule has 0 spiro atoms. The minimum Gasteiger partial charge on any atom is -0.493 e. The molecular weight excluding hydrogens is 334 g/mol. The van der Waals surface area contributed by atoms with E-state index in [1.807, 2.05) is 17.0 Å². The molecule has 1 aromatic carbocycles. The first kappa shape index (κ1) is 18.2. The van der Waals surface area contributed by atoms with E-state index in [0.717, 1.165) is 29.6 Å². The monoisotopic (exact) mass is 359 g/mol. The predicted octanol–water partition coefficient (Wildman–Crippen LogP) is 1.49. The number of ether oxygens (including phenoxy) is 2. The number of piperazine rings is 1. The van der Waals surface area contributed by atoms with Crippen molar-refractivity contribution in [3.8, 4) is 11.5 Å². The van der Waals surface area contributed by atoms with Crippen molar-refractivity contribution in [1.29, 1.82) is 0 Å². The Labute approximate surface area is 152 Å². The van der Waals surface area contributed by atoms with Crippen molar-refractivity contribution in [3.63, 3.8) is 0 Å². The number of methoxy groups -OCH3 is 2. The number of benzene rings is 1. The molecule has 0 saturated carbocycles. The zero-order valence-corrected chi connectivity index (χ0v) is 15.4. The Balaban J connectivity index is 1.96. The van der Waals surface area contributed by atoms with Crippen LogP contribution in [0.1, 0.15) is 5.69 Å². The quantitative estimate of drug-likeness (QED) is 0.859. The van der Waals surface area contributed by atoms with Crippen LogP contribution in [0, 0.1) is 0 Å². The summed E-state index contributed by atoms with van der Waals surface area (Å²) in [4.78, 5) is 21.1. The van der Waals surface area contributed by atoms with E-state index in [4.69, 9.17) is 15.2 Å². The van der Waals surface area contributed by atoms with Crippen molar-refractivity contribution in [1.82, 2.24) is 14.8 Å². The smallest absolute Gasteiger partial charge is 0.321 e. The Bertz CT molecular complexity index is 803. The Morgan fingerprint density at radius 1 is 1.15 bits per heavy atom. The number of urea groups is 1. The van der Waals surface area contributed by atoms with E-state index in [1.54, 1.807) is 20.4 Å². The molecule has 8 nitrogen and oxygen atoms in total. The van der Waals surface area contributed by atoms with Crippen LogP contribution in [0.25, 0.3) is 10.8 Å². The third kappa shape index (κ3) is 3.51. The number of carbonyl (C=O) groups excluding carboxylic acids is 1. The van der Waals surface area contributed by atoms with Crippen molar-refractivity contribution in [2.24, 2.45) is 5.73 Å². The zero-order valence-electron chi connectivity index (χ0n) is 15.4. The molecule has 3 N–H and O–H groups in total. The maximum atomic E-state index is 12.6. The number of nitrogens with one attached hydrogen (secondary N) is 1. The molecule has 1 saturated heterocycles. The summed E-state index contributed by atoms with van der Waals surface area (Å²) in [5, 5.41) is 4.63. The van der Waals surface area contributed by atoms with E-state index >= 15 is 0 Å². The molecule has 1 aliphatic rings. The fourth-order valence-corrected chi connectivity index (χ4v) is 3.09. The van der Waals surface area contributed by atoms with Crippen molar-refractivity contribution in [2.45, 2.75) is 6.54 Å². The Hall–Kier alpha value is -2.58. The minimum absolute atomic E-state index is 0.128. The lowest BCUT2D eigenvalue weighted by molar-refractivity contribution is 0.164. The molecule has 0 radical (unpaired) electrons. The fourth-order valence-electron chi connectivity index (χ4n) is 3.09. The fraction of sp³-hybridized carbons (Fsp3) is 0.444. The minimum atomic E-state index is -0.128. The van der Waals surface area contributed by atoms with Crippen molar-refractivity contribution < 1.29 is 14.3 Å². The maximum absolute atomic E-state index is 12.6. The SMILES string of the molecule is COc1cc2c(NC(=O)N3CCN(C)CC3)cnc(CN)c2cc1OC. The van der Waals surface area contributed by atoms with Gasteiger partial charge in [-0.1, -0.05) is 0 Å². The average molecular weight is 359 g/mol. The Morgan fingerprint density at radius 2 is 1.77 bits per heavy atom. The summed E-state index contributed by atoms with van der Waals surface area (Å²) < 4.78 is 10.8. The van der Waals surface area contributed by atoms with Gasteiger partial charge in [-0.25, -0.2) is 4.79 Å². The maximum Gasteiger partial charge on any atom is 0.321 e. The number of hydrogen-bond acceptors (Lipinski definition) is 6. The van der Waals surface area contributed by atoms with Gasteiger partial charge in [0.25, 0.3) is 0 Å². The van der Waals surface area contributed by atoms with Gasteiger partial charge in [-0.3, -0.25) is 4.98 Å². The summed E-state index contributed by atoms with van der Waals surface area (Å²) in [6.45, 7) is 3.42. The summed E-state index contributed by atoms with van der Waals surface area (Å²) in [5.74, 6) is 1.18. The summed E-state index contributed by atoms with van der Waals surface area (Å²) in [6.07, 6.45) is 1.64. The summed E-state index contributed by atoms with van der Waals surface area (Å²) in [7, 11) is 5.22. The van der Waals surface area contributed by atoms with Gasteiger partial charge in [0.2, 0.25) is 0 Å². The van der Waals surface area contributed by atoms with Gasteiger partial charge in [-0.05, 0) is 19.2 Å². The topological polar surface area (TPSA) is 93.0 Å². The number of amides is 2. The number of anilines is 1. The first-order chi connectivity index (χ1) is 12.6. The second-order valence-corrected chi connectivity index (χ2v) is 6.30. The lowest BCUT2D eigenvalue weighted by Crippen LogP contribution is -2.48. The van der Waals surface area contributed by atoms with Crippen LogP contribution in [0.15, 0.2) is 18.3 Å². The molecule has 2 heterocycles. The molecule has 0 bridgehead atoms. The van der Waals surface area contributed by atoms with Gasteiger partial charge >= 0.3 is 6.03 Å². The van der Waals surface area contributed by atoms with E-state index in [9.17, 15) is 4.79 Å². The van der Waals surface area contributed by atoms with E-state index < -0.39 is 0 Å². The number of aromatic nitrogens is 1. The molecule has 1 aromatic heterocycles. The third-order valence-electron chi connectivity index (χ3n) is 4.70. The number of likely N-dealkylation sites (N-methyl/N-ethyl adjacent to an activating group) is 1. The van der Waals surface area contributed by atoms with Crippen LogP contribution in [0.4, 0.5) is 10.5 Å². The van der Waals surface area contributed by atoms with E-state index in [2.05, 4.69) is 22.2 Å². The van der Waals surface area contributed by atoms with Crippen molar-refractivity contribution in [2.75, 3.05) is 52.8 Å². The number of carbonyl (C=O) groups is 1. The normalized spacial score (nSPS) is 15.2. The van der Waals surface area contributed by atoms with Crippen LogP contribution in [0.3, 0.4) is 0 Å². The van der Waals surface area contributed by atoms with E-state index in [0.29, 0.717) is 36.8 Å². The van der Waals surface area contributed by atoms with E-state index in [-0.39, 0.29) is 6.03 Å². The van der Waals surface area contributed by atoms with Crippen LogP contribution < -0.4 is 20.5 Å². The van der Waals surface area contributed by atoms with Crippen LogP contribution in [-0.2, 0) is 6.54 Å². The molecule has 2 amide bonds. The Morgan fingerprint density at radius 3 is 2.35 bits per heavy atom. The first-order valence-electron chi connectivity index (χ1n) is 8.55. The van der Waals surface area contributed by atoms with Gasteiger partial charge in [0.15, 0.2) is 11.5 Å². The van der Waals surface area contributed by atoms with Crippen LogP contribution in [0.2, 0.25) is 0 Å². The highest BCUT2D eigenvalue weighted by Crippen LogP contribution is 2.36. The Kier molecular flexibility index (Phi) is 5.43. The second kappa shape index (κ2) is 7.76. The van der Waals surface area contributed by atoms with Crippen LogP contribution >= 0.6 is 0 Å². The average Bonchev–Trinajstić information content (AvgIpc) is 2.67. The molecule has 1 aliphatic heterocycles. The molecular formula is C18H25N5O3. The summed E-state index contributed by atoms with van der Waals surface area (Å²) in [6, 6.07) is 3.56. The molecule has 8 heteroatoms. The van der Waals surface area contributed by atoms with Gasteiger partial charge in [0.05, 0.1) is 31.8 Å². The van der Waals surface area contributed by atoms with Gasteiger partial charge in [-0.2, -0.15) is 0 Å². The molecule has 1 fully saturated rings. The molecule has 2 aromatic rings. The number of nitrogens with zero attached hydrogens (tertiary/aromatic N) is 3. The number of nitrogens with two attached hydrogens (primary N) is 1. The lowest BCUT2D eigenvalue weighted by Gasteiger charge is -2.32. The molecule has 26 heavy (non-hydrogen) atoms. The number of fused-ring (bicyclic) bond motifs is 1. The van der Waals surface area contributed by atoms with Gasteiger partial charge in [0.1, 0.15) is 0 Å². The van der Waals surface area contributed by atoms with Gasteiger partial charge < -0.3 is 30.3 Å². The van der Waals surface area contributed by atoms with Crippen LogP contribution in [0.5, 0.6) is 11.5 Å². The van der Waals surface area contributed by atoms with E-state index in [1.165, 1.54) is 0 Å². The summed E-state index contributed by atoms with van der Waals surface area (Å²) >= 11 is 0. The molecule has 0 atom stereocenters. The summed E-state index contributed by atoms with van der Waals surface area (Å²) in [5.41, 5.74) is 7.19. The highest BCUT2D eigenvalue weighted by Gasteiger charge is 2.20. The third-order valence-corrected chi connectivity index (χ3v) is 4.70. The lowest BCUT2D eigenvalue weighted by atomic mass is 10.1. The molecule has 0 aliphatic carbocycles. The zero-order chi connectivity index (χ0) is 18.7. The van der Waals surface area contributed by atoms with Crippen molar-refractivity contribution in [3.05, 3.63) is 24.0 Å². The first-order valence-corrected chi connectivity index (χ1v) is 8.55. The second-order valence-electron chi connectivity index (χ2n) is 6.30. The highest BCUT2D eigenvalue weighted by molar-refractivity contribution is 6.03. The molecule has 140 valence electrons. The van der Waals surface area contributed by atoms with Crippen molar-refractivity contribution >= 4 is 22.5 Å². The number of rotatable bonds is 4. The largest absolute Gasteiger partial charge is 0.493 e. The predicted molar refractivity (Wildman–Crippen MR) is 101 cm³/mol. The highest BCUT2D eigenvalue weighted by atomic mass is 16.5. The molecule has 3 rings (SSSR count). The van der Waals surface area contributed by atoms with Gasteiger partial charge in [-0.15, -0.1) is 0 Å². The molecule has 0 unspecified atom stereocenters. The van der Waals surface area contributed by atoms with Crippen LogP contribution in [-0.4, -0.2) is 68.3 Å². The van der Waals surface area contributed by atoms with Gasteiger partial charge in [0, 0.05) is 43.5 Å². The number of hydrogen-bond donors (Lipinski definition) is 2. The number of pyridine rings is 1. The standard InChI is InChI=1S/C18H25N5O3/c1-22-4-6-23(7-5-22)18(24)21-15-11-20-14(10-19)12-8-16(25-2)17(26-3)9-13(12)15/h8-9,11H,4-7,10,19H2,1-3H3,(H,21,24).